The highest BCUT2D eigenvalue weighted by Gasteiger charge is 2.10. The minimum Gasteiger partial charge on any atom is -0.396 e. The van der Waals surface area contributed by atoms with Crippen molar-refractivity contribution in [2.24, 2.45) is 0 Å². The van der Waals surface area contributed by atoms with Gasteiger partial charge < -0.3 is 5.11 Å². The van der Waals surface area contributed by atoms with Gasteiger partial charge in [-0.25, -0.2) is 0 Å². The van der Waals surface area contributed by atoms with E-state index in [1.165, 1.54) is 0 Å². The third kappa shape index (κ3) is 6.25. The lowest BCUT2D eigenvalue weighted by atomic mass is 10.1. The molecule has 1 nitrogen and oxygen atoms in total. The molecule has 50 valence electrons. The molecule has 0 bridgehead atoms. The predicted octanol–water partition coefficient (Wildman–Crippen LogP) is 1.78. The van der Waals surface area contributed by atoms with Gasteiger partial charge in [-0.05, 0) is 26.7 Å². The summed E-state index contributed by atoms with van der Waals surface area (Å²) in [6, 6.07) is 0. The van der Waals surface area contributed by atoms with Crippen molar-refractivity contribution in [2.45, 2.75) is 31.6 Å². The van der Waals surface area contributed by atoms with Gasteiger partial charge in [0, 0.05) is 11.5 Å². The van der Waals surface area contributed by atoms with Gasteiger partial charge in [-0.15, -0.1) is 11.6 Å². The Morgan fingerprint density at radius 2 is 2.00 bits per heavy atom. The molecule has 0 saturated carbocycles. The lowest BCUT2D eigenvalue weighted by Crippen LogP contribution is -2.09. The summed E-state index contributed by atoms with van der Waals surface area (Å²) in [6.45, 7) is 4.14. The van der Waals surface area contributed by atoms with E-state index in [0.717, 1.165) is 12.8 Å². The molecule has 0 fully saturated rings. The number of hydrogen-bond acceptors (Lipinski definition) is 1. The molecule has 0 aliphatic rings. The standard InChI is InChI=1S/C6H13ClO/c1-6(2,7)4-3-5-8/h8H,3-5H2,1-2H3. The summed E-state index contributed by atoms with van der Waals surface area (Å²) < 4.78 is 0. The molecule has 0 aliphatic carbocycles. The van der Waals surface area contributed by atoms with Gasteiger partial charge in [0.15, 0.2) is 0 Å². The molecule has 0 aliphatic heterocycles. The molecular weight excluding hydrogens is 124 g/mol. The number of halogens is 1. The van der Waals surface area contributed by atoms with Gasteiger partial charge in [0.1, 0.15) is 0 Å². The van der Waals surface area contributed by atoms with E-state index in [4.69, 9.17) is 16.7 Å². The monoisotopic (exact) mass is 136 g/mol. The first kappa shape index (κ1) is 8.25. The van der Waals surface area contributed by atoms with Crippen molar-refractivity contribution in [3.63, 3.8) is 0 Å². The van der Waals surface area contributed by atoms with Gasteiger partial charge in [-0.3, -0.25) is 0 Å². The lowest BCUT2D eigenvalue weighted by Gasteiger charge is -2.13. The fourth-order valence-electron chi connectivity index (χ4n) is 0.499. The second-order valence-electron chi connectivity index (χ2n) is 2.55. The molecule has 0 saturated heterocycles. The highest BCUT2D eigenvalue weighted by molar-refractivity contribution is 6.23. The van der Waals surface area contributed by atoms with Crippen LogP contribution in [0.25, 0.3) is 0 Å². The summed E-state index contributed by atoms with van der Waals surface area (Å²) in [6.07, 6.45) is 1.68. The summed E-state index contributed by atoms with van der Waals surface area (Å²) >= 11 is 5.80. The van der Waals surface area contributed by atoms with Crippen molar-refractivity contribution in [1.82, 2.24) is 0 Å². The first-order valence-electron chi connectivity index (χ1n) is 2.86. The zero-order valence-corrected chi connectivity index (χ0v) is 6.20. The number of rotatable bonds is 3. The molecule has 8 heavy (non-hydrogen) atoms. The van der Waals surface area contributed by atoms with Crippen molar-refractivity contribution < 1.29 is 5.11 Å². The van der Waals surface area contributed by atoms with E-state index in [1.807, 2.05) is 13.8 Å². The Labute approximate surface area is 55.7 Å². The average Bonchev–Trinajstić information content (AvgIpc) is 1.59. The molecule has 0 atom stereocenters. The van der Waals surface area contributed by atoms with E-state index in [1.54, 1.807) is 0 Å². The highest BCUT2D eigenvalue weighted by atomic mass is 35.5. The summed E-state index contributed by atoms with van der Waals surface area (Å²) in [5.74, 6) is 0. The summed E-state index contributed by atoms with van der Waals surface area (Å²) in [5.41, 5.74) is 0. The topological polar surface area (TPSA) is 20.2 Å². The van der Waals surface area contributed by atoms with Gasteiger partial charge in [-0.1, -0.05) is 0 Å². The van der Waals surface area contributed by atoms with Gasteiger partial charge in [0.2, 0.25) is 0 Å². The molecule has 1 N–H and O–H groups in total. The molecule has 0 aromatic heterocycles. The zero-order chi connectivity index (χ0) is 6.62. The summed E-state index contributed by atoms with van der Waals surface area (Å²) in [5, 5.41) is 8.37. The van der Waals surface area contributed by atoms with Crippen molar-refractivity contribution >= 4 is 11.6 Å². The molecule has 2 heteroatoms. The molecule has 0 spiro atoms. The smallest absolute Gasteiger partial charge is 0.0431 e. The molecular formula is C6H13ClO. The van der Waals surface area contributed by atoms with Crippen LogP contribution in [0.4, 0.5) is 0 Å². The number of hydrogen-bond donors (Lipinski definition) is 1. The van der Waals surface area contributed by atoms with Gasteiger partial charge in [0.25, 0.3) is 0 Å². The fraction of sp³-hybridized carbons (Fsp3) is 1.00. The minimum absolute atomic E-state index is 0.136. The van der Waals surface area contributed by atoms with E-state index in [-0.39, 0.29) is 11.5 Å². The maximum Gasteiger partial charge on any atom is 0.0431 e. The molecule has 0 amide bonds. The predicted molar refractivity (Wildman–Crippen MR) is 36.3 cm³/mol. The van der Waals surface area contributed by atoms with Crippen LogP contribution in [-0.2, 0) is 0 Å². The van der Waals surface area contributed by atoms with Crippen LogP contribution >= 0.6 is 11.6 Å². The molecule has 0 unspecified atom stereocenters. The first-order valence-corrected chi connectivity index (χ1v) is 3.24. The van der Waals surface area contributed by atoms with Crippen LogP contribution in [0.5, 0.6) is 0 Å². The summed E-state index contributed by atoms with van der Waals surface area (Å²) in [4.78, 5) is -0.136. The van der Waals surface area contributed by atoms with Crippen LogP contribution in [-0.4, -0.2) is 16.6 Å². The van der Waals surface area contributed by atoms with Crippen molar-refractivity contribution in [2.75, 3.05) is 6.61 Å². The molecule has 0 rings (SSSR count). The maximum absolute atomic E-state index is 8.37. The largest absolute Gasteiger partial charge is 0.396 e. The van der Waals surface area contributed by atoms with E-state index in [2.05, 4.69) is 0 Å². The van der Waals surface area contributed by atoms with E-state index < -0.39 is 0 Å². The van der Waals surface area contributed by atoms with Crippen LogP contribution in [0.3, 0.4) is 0 Å². The van der Waals surface area contributed by atoms with Crippen LogP contribution in [0.2, 0.25) is 0 Å². The Balaban J connectivity index is 3.11. The zero-order valence-electron chi connectivity index (χ0n) is 5.45. The van der Waals surface area contributed by atoms with Gasteiger partial charge >= 0.3 is 0 Å². The minimum atomic E-state index is -0.136. The third-order valence-electron chi connectivity index (χ3n) is 0.929. The Hall–Kier alpha value is 0.250. The third-order valence-corrected chi connectivity index (χ3v) is 1.12. The van der Waals surface area contributed by atoms with Crippen molar-refractivity contribution in [1.29, 1.82) is 0 Å². The molecule has 0 radical (unpaired) electrons. The first-order chi connectivity index (χ1) is 3.56. The van der Waals surface area contributed by atoms with Gasteiger partial charge in [-0.2, -0.15) is 0 Å². The van der Waals surface area contributed by atoms with Crippen LogP contribution in [0.15, 0.2) is 0 Å². The van der Waals surface area contributed by atoms with E-state index in [0.29, 0.717) is 0 Å². The lowest BCUT2D eigenvalue weighted by molar-refractivity contribution is 0.279. The van der Waals surface area contributed by atoms with E-state index >= 15 is 0 Å². The van der Waals surface area contributed by atoms with Crippen LogP contribution < -0.4 is 0 Å². The number of alkyl halides is 1. The normalized spacial score (nSPS) is 12.0. The molecule has 0 aromatic rings. The SMILES string of the molecule is CC(C)(Cl)CCCO. The average molecular weight is 137 g/mol. The second-order valence-corrected chi connectivity index (χ2v) is 3.57. The second kappa shape index (κ2) is 3.31. The van der Waals surface area contributed by atoms with Crippen molar-refractivity contribution in [3.05, 3.63) is 0 Å². The Morgan fingerprint density at radius 3 is 2.12 bits per heavy atom. The maximum atomic E-state index is 8.37. The highest BCUT2D eigenvalue weighted by Crippen LogP contribution is 2.18. The molecule has 0 heterocycles. The summed E-state index contributed by atoms with van der Waals surface area (Å²) in [7, 11) is 0. The van der Waals surface area contributed by atoms with Gasteiger partial charge in [0.05, 0.1) is 0 Å². The Morgan fingerprint density at radius 1 is 1.50 bits per heavy atom. The quantitative estimate of drug-likeness (QED) is 0.587. The van der Waals surface area contributed by atoms with Crippen molar-refractivity contribution in [3.8, 4) is 0 Å². The number of aliphatic hydroxyl groups excluding tert-OH is 1. The molecule has 0 aromatic carbocycles. The van der Waals surface area contributed by atoms with Crippen LogP contribution in [0, 0.1) is 0 Å². The number of aliphatic hydroxyl groups is 1. The van der Waals surface area contributed by atoms with Crippen LogP contribution in [0.1, 0.15) is 26.7 Å². The van der Waals surface area contributed by atoms with E-state index in [9.17, 15) is 0 Å². The Kier molecular flexibility index (Phi) is 3.41. The fourth-order valence-corrected chi connectivity index (χ4v) is 0.633. The Bertz CT molecular complexity index is 56.0.